The van der Waals surface area contributed by atoms with Crippen LogP contribution in [0.5, 0.6) is 0 Å². The second-order valence-corrected chi connectivity index (χ2v) is 10.0. The van der Waals surface area contributed by atoms with Crippen LogP contribution in [-0.2, 0) is 21.1 Å². The maximum Gasteiger partial charge on any atom is 0.227 e. The molecule has 3 atom stereocenters. The SMILES string of the molecule is O=C(Cc1ccccc1Cl)N1[C@@H]2CC[C@H]1CC(S(=O)(=O)c1ccccc1)C2. The number of halogens is 1. The number of piperidine rings is 1. The zero-order chi connectivity index (χ0) is 19.0. The fourth-order valence-electron chi connectivity index (χ4n) is 4.49. The number of hydrogen-bond donors (Lipinski definition) is 0. The van der Waals surface area contributed by atoms with Crippen molar-refractivity contribution in [3.63, 3.8) is 0 Å². The van der Waals surface area contributed by atoms with Crippen molar-refractivity contribution in [2.24, 2.45) is 0 Å². The highest BCUT2D eigenvalue weighted by Gasteiger charge is 2.46. The third kappa shape index (κ3) is 3.50. The van der Waals surface area contributed by atoms with Gasteiger partial charge >= 0.3 is 0 Å². The molecule has 4 nitrogen and oxygen atoms in total. The maximum absolute atomic E-state index is 13.0. The van der Waals surface area contributed by atoms with E-state index in [2.05, 4.69) is 0 Å². The molecule has 0 spiro atoms. The Morgan fingerprint density at radius 3 is 2.19 bits per heavy atom. The van der Waals surface area contributed by atoms with Gasteiger partial charge in [0.15, 0.2) is 9.84 Å². The predicted octanol–water partition coefficient (Wildman–Crippen LogP) is 3.88. The number of benzene rings is 2. The molecule has 6 heteroatoms. The standard InChI is InChI=1S/C21H22ClNO3S/c22-20-9-5-4-6-15(20)12-21(24)23-16-10-11-17(23)14-19(13-16)27(25,26)18-7-2-1-3-8-18/h1-9,16-17,19H,10-14H2/t16-,17+,19?. The number of sulfone groups is 1. The summed E-state index contributed by atoms with van der Waals surface area (Å²) in [6, 6.07) is 16.0. The molecule has 142 valence electrons. The largest absolute Gasteiger partial charge is 0.336 e. The molecule has 2 aromatic carbocycles. The first-order valence-corrected chi connectivity index (χ1v) is 11.2. The van der Waals surface area contributed by atoms with Gasteiger partial charge in [-0.15, -0.1) is 0 Å². The lowest BCUT2D eigenvalue weighted by Crippen LogP contribution is -2.50. The van der Waals surface area contributed by atoms with Crippen molar-refractivity contribution in [3.8, 4) is 0 Å². The molecule has 0 saturated carbocycles. The number of rotatable bonds is 4. The third-order valence-electron chi connectivity index (χ3n) is 5.79. The van der Waals surface area contributed by atoms with Gasteiger partial charge < -0.3 is 4.90 Å². The monoisotopic (exact) mass is 403 g/mol. The Morgan fingerprint density at radius 1 is 0.963 bits per heavy atom. The molecule has 2 saturated heterocycles. The predicted molar refractivity (Wildman–Crippen MR) is 105 cm³/mol. The van der Waals surface area contributed by atoms with Crippen LogP contribution in [0.4, 0.5) is 0 Å². The zero-order valence-corrected chi connectivity index (χ0v) is 16.5. The van der Waals surface area contributed by atoms with Gasteiger partial charge in [0.2, 0.25) is 5.91 Å². The van der Waals surface area contributed by atoms with E-state index in [1.807, 2.05) is 29.2 Å². The second-order valence-electron chi connectivity index (χ2n) is 7.41. The van der Waals surface area contributed by atoms with Crippen LogP contribution in [-0.4, -0.2) is 36.6 Å². The van der Waals surface area contributed by atoms with Crippen LogP contribution in [0, 0.1) is 0 Å². The Morgan fingerprint density at radius 2 is 1.56 bits per heavy atom. The number of carbonyl (C=O) groups is 1. The molecule has 0 radical (unpaired) electrons. The van der Waals surface area contributed by atoms with E-state index in [-0.39, 0.29) is 24.4 Å². The molecule has 0 aromatic heterocycles. The molecule has 0 aliphatic carbocycles. The molecule has 4 rings (SSSR count). The van der Waals surface area contributed by atoms with E-state index in [4.69, 9.17) is 11.6 Å². The van der Waals surface area contributed by atoms with E-state index in [0.717, 1.165) is 18.4 Å². The highest BCUT2D eigenvalue weighted by atomic mass is 35.5. The minimum Gasteiger partial charge on any atom is -0.336 e. The van der Waals surface area contributed by atoms with E-state index in [9.17, 15) is 13.2 Å². The molecule has 2 fully saturated rings. The smallest absolute Gasteiger partial charge is 0.227 e. The van der Waals surface area contributed by atoms with Crippen LogP contribution in [0.25, 0.3) is 0 Å². The molecule has 2 bridgehead atoms. The highest BCUT2D eigenvalue weighted by molar-refractivity contribution is 7.92. The minimum absolute atomic E-state index is 0.00206. The first-order valence-electron chi connectivity index (χ1n) is 9.30. The molecule has 0 N–H and O–H groups in total. The molecule has 2 aromatic rings. The Kier molecular flexibility index (Phi) is 4.99. The Labute approximate surface area is 165 Å². The van der Waals surface area contributed by atoms with Gasteiger partial charge in [-0.2, -0.15) is 0 Å². The lowest BCUT2D eigenvalue weighted by molar-refractivity contribution is -0.134. The summed E-state index contributed by atoms with van der Waals surface area (Å²) in [6.07, 6.45) is 3.05. The van der Waals surface area contributed by atoms with Crippen molar-refractivity contribution in [1.29, 1.82) is 0 Å². The van der Waals surface area contributed by atoms with E-state index < -0.39 is 15.1 Å². The van der Waals surface area contributed by atoms with Crippen molar-refractivity contribution >= 4 is 27.3 Å². The Hall–Kier alpha value is -1.85. The summed E-state index contributed by atoms with van der Waals surface area (Å²) in [5.74, 6) is 0.0474. The van der Waals surface area contributed by atoms with Crippen LogP contribution in [0.15, 0.2) is 59.5 Å². The van der Waals surface area contributed by atoms with Crippen molar-refractivity contribution in [2.75, 3.05) is 0 Å². The van der Waals surface area contributed by atoms with E-state index >= 15 is 0 Å². The molecular weight excluding hydrogens is 382 g/mol. The molecule has 2 aliphatic rings. The van der Waals surface area contributed by atoms with Gasteiger partial charge in [-0.25, -0.2) is 8.42 Å². The van der Waals surface area contributed by atoms with Gasteiger partial charge in [0.25, 0.3) is 0 Å². The van der Waals surface area contributed by atoms with Crippen LogP contribution in [0.2, 0.25) is 5.02 Å². The van der Waals surface area contributed by atoms with Gasteiger partial charge in [0.1, 0.15) is 0 Å². The summed E-state index contributed by atoms with van der Waals surface area (Å²) < 4.78 is 26.0. The first kappa shape index (κ1) is 18.5. The summed E-state index contributed by atoms with van der Waals surface area (Å²) in [6.45, 7) is 0. The number of carbonyl (C=O) groups excluding carboxylic acids is 1. The summed E-state index contributed by atoms with van der Waals surface area (Å²) >= 11 is 6.20. The van der Waals surface area contributed by atoms with Crippen molar-refractivity contribution in [2.45, 2.75) is 54.3 Å². The van der Waals surface area contributed by atoms with E-state index in [0.29, 0.717) is 22.8 Å². The molecular formula is C21H22ClNO3S. The molecule has 1 unspecified atom stereocenters. The second kappa shape index (κ2) is 7.28. The van der Waals surface area contributed by atoms with Gasteiger partial charge in [-0.3, -0.25) is 4.79 Å². The van der Waals surface area contributed by atoms with Crippen molar-refractivity contribution in [1.82, 2.24) is 4.90 Å². The van der Waals surface area contributed by atoms with Crippen molar-refractivity contribution in [3.05, 3.63) is 65.2 Å². The minimum atomic E-state index is -3.36. The summed E-state index contributed by atoms with van der Waals surface area (Å²) in [5, 5.41) is 0.182. The average molecular weight is 404 g/mol. The maximum atomic E-state index is 13.0. The molecule has 2 heterocycles. The van der Waals surface area contributed by atoms with Gasteiger partial charge in [0.05, 0.1) is 16.6 Å². The fourth-order valence-corrected chi connectivity index (χ4v) is 6.56. The first-order chi connectivity index (χ1) is 13.0. The van der Waals surface area contributed by atoms with Crippen LogP contribution in [0.1, 0.15) is 31.2 Å². The van der Waals surface area contributed by atoms with Crippen LogP contribution >= 0.6 is 11.6 Å². The molecule has 27 heavy (non-hydrogen) atoms. The van der Waals surface area contributed by atoms with Crippen LogP contribution < -0.4 is 0 Å². The molecule has 2 aliphatic heterocycles. The quantitative estimate of drug-likeness (QED) is 0.778. The van der Waals surface area contributed by atoms with E-state index in [1.165, 1.54) is 0 Å². The highest BCUT2D eigenvalue weighted by Crippen LogP contribution is 2.40. The number of fused-ring (bicyclic) bond motifs is 2. The molecule has 1 amide bonds. The number of amides is 1. The summed E-state index contributed by atoms with van der Waals surface area (Å²) in [7, 11) is -3.36. The lowest BCUT2D eigenvalue weighted by atomic mass is 10.0. The Bertz CT molecular complexity index is 931. The van der Waals surface area contributed by atoms with Gasteiger partial charge in [-0.05, 0) is 49.4 Å². The van der Waals surface area contributed by atoms with E-state index in [1.54, 1.807) is 30.3 Å². The number of nitrogens with zero attached hydrogens (tertiary/aromatic N) is 1. The lowest BCUT2D eigenvalue weighted by Gasteiger charge is -2.38. The summed E-state index contributed by atoms with van der Waals surface area (Å²) in [4.78, 5) is 15.2. The summed E-state index contributed by atoms with van der Waals surface area (Å²) in [5.41, 5.74) is 0.822. The average Bonchev–Trinajstić information content (AvgIpc) is 2.94. The Balaban J connectivity index is 1.51. The van der Waals surface area contributed by atoms with Crippen molar-refractivity contribution < 1.29 is 13.2 Å². The number of hydrogen-bond acceptors (Lipinski definition) is 3. The van der Waals surface area contributed by atoms with Gasteiger partial charge in [-0.1, -0.05) is 48.0 Å². The fraction of sp³-hybridized carbons (Fsp3) is 0.381. The zero-order valence-electron chi connectivity index (χ0n) is 14.9. The third-order valence-corrected chi connectivity index (χ3v) is 8.35. The van der Waals surface area contributed by atoms with Crippen LogP contribution in [0.3, 0.4) is 0 Å². The topological polar surface area (TPSA) is 54.5 Å². The van der Waals surface area contributed by atoms with Gasteiger partial charge in [0, 0.05) is 17.1 Å². The normalized spacial score (nSPS) is 24.8.